The van der Waals surface area contributed by atoms with Crippen molar-refractivity contribution >= 4 is 29.7 Å². The highest BCUT2D eigenvalue weighted by molar-refractivity contribution is 5.93. The van der Waals surface area contributed by atoms with Crippen molar-refractivity contribution in [1.29, 1.82) is 0 Å². The molecule has 9 N–H and O–H groups in total. The van der Waals surface area contributed by atoms with Gasteiger partial charge in [-0.2, -0.15) is 4.99 Å². The van der Waals surface area contributed by atoms with Crippen molar-refractivity contribution in [2.45, 2.75) is 51.1 Å². The number of aromatic hydroxyl groups is 1. The second kappa shape index (κ2) is 23.3. The number of benzene rings is 3. The van der Waals surface area contributed by atoms with Gasteiger partial charge in [-0.15, -0.1) is 0 Å². The first kappa shape index (κ1) is 43.9. The second-order valence-electron chi connectivity index (χ2n) is 13.4. The highest BCUT2D eigenvalue weighted by atomic mass is 19.1. The van der Waals surface area contributed by atoms with Crippen LogP contribution in [-0.4, -0.2) is 105 Å². The zero-order valence-electron chi connectivity index (χ0n) is 32.1. The SMILES string of the molecule is CCC(=O)NCCNC(=O)/N=C(/N)NCCC[C@@H](NC(=O)C(c1ccccc1)c1ccc(OCCCN2CCNCC2)cc1)C(=O)NCc1c(F)cc(O)cc1F. The van der Waals surface area contributed by atoms with E-state index in [9.17, 15) is 33.1 Å². The summed E-state index contributed by atoms with van der Waals surface area (Å²) < 4.78 is 35.0. The van der Waals surface area contributed by atoms with Crippen molar-refractivity contribution in [2.75, 3.05) is 59.0 Å². The van der Waals surface area contributed by atoms with E-state index in [0.29, 0.717) is 29.9 Å². The molecule has 1 fully saturated rings. The van der Waals surface area contributed by atoms with E-state index in [4.69, 9.17) is 10.5 Å². The van der Waals surface area contributed by atoms with Crippen molar-refractivity contribution in [3.05, 3.63) is 95.1 Å². The van der Waals surface area contributed by atoms with Crippen LogP contribution >= 0.6 is 0 Å². The Bertz CT molecular complexity index is 1770. The normalized spacial score (nSPS) is 14.2. The number of carbonyl (C=O) groups excluding carboxylic acids is 4. The van der Waals surface area contributed by atoms with Gasteiger partial charge in [0.1, 0.15) is 29.2 Å². The number of hydrogen-bond acceptors (Lipinski definition) is 8. The molecule has 3 aromatic rings. The Labute approximate surface area is 331 Å². The molecule has 5 amide bonds. The summed E-state index contributed by atoms with van der Waals surface area (Å²) in [6, 6.07) is 15.8. The lowest BCUT2D eigenvalue weighted by atomic mass is 9.90. The number of rotatable bonds is 20. The van der Waals surface area contributed by atoms with Crippen molar-refractivity contribution in [1.82, 2.24) is 36.8 Å². The molecule has 15 nitrogen and oxygen atoms in total. The predicted molar refractivity (Wildman–Crippen MR) is 212 cm³/mol. The number of ether oxygens (including phenoxy) is 1. The molecule has 1 aliphatic rings. The van der Waals surface area contributed by atoms with Gasteiger partial charge < -0.3 is 52.4 Å². The number of urea groups is 1. The Morgan fingerprint density at radius 1 is 0.877 bits per heavy atom. The smallest absolute Gasteiger partial charge is 0.344 e. The minimum absolute atomic E-state index is 0.0595. The van der Waals surface area contributed by atoms with E-state index in [1.165, 1.54) is 0 Å². The van der Waals surface area contributed by atoms with Crippen molar-refractivity contribution in [2.24, 2.45) is 10.7 Å². The summed E-state index contributed by atoms with van der Waals surface area (Å²) in [5.41, 5.74) is 6.72. The Hall–Kier alpha value is -5.81. The molecule has 1 aliphatic heterocycles. The highest BCUT2D eigenvalue weighted by Gasteiger charge is 2.28. The molecule has 3 aromatic carbocycles. The van der Waals surface area contributed by atoms with Crippen LogP contribution in [0.2, 0.25) is 0 Å². The first-order valence-corrected chi connectivity index (χ1v) is 19.1. The van der Waals surface area contributed by atoms with Gasteiger partial charge in [0.25, 0.3) is 0 Å². The van der Waals surface area contributed by atoms with Gasteiger partial charge in [-0.05, 0) is 42.5 Å². The maximum atomic E-state index is 14.5. The van der Waals surface area contributed by atoms with Crippen LogP contribution in [0.15, 0.2) is 71.7 Å². The molecular formula is C40H53F2N9O6. The number of guanidine groups is 1. The lowest BCUT2D eigenvalue weighted by Gasteiger charge is -2.27. The summed E-state index contributed by atoms with van der Waals surface area (Å²) in [4.78, 5) is 57.3. The first-order chi connectivity index (χ1) is 27.5. The average Bonchev–Trinajstić information content (AvgIpc) is 3.20. The fraction of sp³-hybridized carbons (Fsp3) is 0.425. The predicted octanol–water partition coefficient (Wildman–Crippen LogP) is 2.20. The molecular weight excluding hydrogens is 740 g/mol. The molecule has 1 unspecified atom stereocenters. The molecule has 1 heterocycles. The van der Waals surface area contributed by atoms with Crippen LogP contribution in [0.1, 0.15) is 55.2 Å². The Kier molecular flexibility index (Phi) is 18.0. The summed E-state index contributed by atoms with van der Waals surface area (Å²) in [6.07, 6.45) is 1.50. The molecule has 0 aliphatic carbocycles. The molecule has 0 saturated carbocycles. The van der Waals surface area contributed by atoms with E-state index in [0.717, 1.165) is 51.3 Å². The number of carbonyl (C=O) groups is 4. The van der Waals surface area contributed by atoms with Crippen molar-refractivity contribution in [3.63, 3.8) is 0 Å². The van der Waals surface area contributed by atoms with Gasteiger partial charge in [0.2, 0.25) is 17.7 Å². The summed E-state index contributed by atoms with van der Waals surface area (Å²) in [5.74, 6) is -4.40. The lowest BCUT2D eigenvalue weighted by Crippen LogP contribution is -2.48. The van der Waals surface area contributed by atoms with Gasteiger partial charge in [-0.1, -0.05) is 49.4 Å². The molecule has 0 aromatic heterocycles. The number of hydrogen-bond donors (Lipinski definition) is 8. The molecule has 2 atom stereocenters. The van der Waals surface area contributed by atoms with E-state index < -0.39 is 59.3 Å². The zero-order valence-corrected chi connectivity index (χ0v) is 32.1. The van der Waals surface area contributed by atoms with Crippen LogP contribution < -0.4 is 42.4 Å². The van der Waals surface area contributed by atoms with Crippen LogP contribution in [0, 0.1) is 11.6 Å². The monoisotopic (exact) mass is 793 g/mol. The molecule has 17 heteroatoms. The fourth-order valence-electron chi connectivity index (χ4n) is 6.10. The van der Waals surface area contributed by atoms with Crippen LogP contribution in [0.25, 0.3) is 0 Å². The third kappa shape index (κ3) is 15.0. The number of piperazine rings is 1. The van der Waals surface area contributed by atoms with Crippen molar-refractivity contribution < 1.29 is 37.8 Å². The largest absolute Gasteiger partial charge is 0.508 e. The molecule has 1 saturated heterocycles. The molecule has 0 spiro atoms. The number of nitrogens with zero attached hydrogens (tertiary/aromatic N) is 2. The number of phenolic OH excluding ortho intramolecular Hbond substituents is 1. The van der Waals surface area contributed by atoms with Gasteiger partial charge in [0.05, 0.1) is 12.5 Å². The second-order valence-corrected chi connectivity index (χ2v) is 13.4. The number of aliphatic imine (C=N–C) groups is 1. The number of nitrogens with one attached hydrogen (secondary N) is 6. The standard InChI is InChI=1S/C40H53F2N9O6/c1-2-35(53)45-16-17-47-40(56)50-39(43)46-15-6-10-34(37(54)48-26-31-32(41)24-29(52)25-33(31)42)49-38(55)36(27-8-4-3-5-9-27)28-11-13-30(14-12-28)57-23-7-20-51-21-18-44-19-22-51/h3-5,8-9,11-14,24-25,34,36,44,52H,2,6-7,10,15-23,26H2,1H3,(H,45,53)(H,48,54)(H,49,55)(H4,43,46,47,50,56)/t34-,36?/m1/s1. The number of nitrogens with two attached hydrogens (primary N) is 1. The first-order valence-electron chi connectivity index (χ1n) is 19.1. The number of halogens is 2. The average molecular weight is 794 g/mol. The Morgan fingerprint density at radius 3 is 2.23 bits per heavy atom. The van der Waals surface area contributed by atoms with Gasteiger partial charge in [-0.25, -0.2) is 13.6 Å². The fourth-order valence-corrected chi connectivity index (χ4v) is 6.10. The van der Waals surface area contributed by atoms with E-state index in [2.05, 4.69) is 41.8 Å². The maximum absolute atomic E-state index is 14.5. The van der Waals surface area contributed by atoms with Gasteiger partial charge in [0.15, 0.2) is 5.96 Å². The van der Waals surface area contributed by atoms with E-state index in [1.807, 2.05) is 6.07 Å². The Balaban J connectivity index is 1.42. The van der Waals surface area contributed by atoms with E-state index in [1.54, 1.807) is 55.5 Å². The maximum Gasteiger partial charge on any atom is 0.344 e. The summed E-state index contributed by atoms with van der Waals surface area (Å²) in [5, 5.41) is 26.1. The lowest BCUT2D eigenvalue weighted by molar-refractivity contribution is -0.129. The van der Waals surface area contributed by atoms with Crippen molar-refractivity contribution in [3.8, 4) is 11.5 Å². The van der Waals surface area contributed by atoms with Gasteiger partial charge >= 0.3 is 6.03 Å². The molecule has 0 bridgehead atoms. The topological polar surface area (TPSA) is 212 Å². The minimum atomic E-state index is -1.16. The van der Waals surface area contributed by atoms with Gasteiger partial charge in [-0.3, -0.25) is 14.4 Å². The summed E-state index contributed by atoms with van der Waals surface area (Å²) in [7, 11) is 0. The third-order valence-electron chi connectivity index (χ3n) is 9.15. The molecule has 57 heavy (non-hydrogen) atoms. The third-order valence-corrected chi connectivity index (χ3v) is 9.15. The van der Waals surface area contributed by atoms with Crippen LogP contribution in [-0.2, 0) is 20.9 Å². The highest BCUT2D eigenvalue weighted by Crippen LogP contribution is 2.27. The Morgan fingerprint density at radius 2 is 1.54 bits per heavy atom. The minimum Gasteiger partial charge on any atom is -0.508 e. The molecule has 0 radical (unpaired) electrons. The van der Waals surface area contributed by atoms with Crippen LogP contribution in [0.3, 0.4) is 0 Å². The number of phenols is 1. The summed E-state index contributed by atoms with van der Waals surface area (Å²) in [6.45, 7) is 7.17. The summed E-state index contributed by atoms with van der Waals surface area (Å²) >= 11 is 0. The van der Waals surface area contributed by atoms with E-state index >= 15 is 0 Å². The van der Waals surface area contributed by atoms with Crippen LogP contribution in [0.5, 0.6) is 11.5 Å². The molecule has 308 valence electrons. The van der Waals surface area contributed by atoms with Crippen LogP contribution in [0.4, 0.5) is 13.6 Å². The zero-order chi connectivity index (χ0) is 41.0. The molecule has 4 rings (SSSR count). The number of amides is 5. The van der Waals surface area contributed by atoms with Gasteiger partial charge in [0, 0.05) is 83.0 Å². The van der Waals surface area contributed by atoms with E-state index in [-0.39, 0.29) is 44.3 Å². The quantitative estimate of drug-likeness (QED) is 0.0475.